The molecule has 4 rings (SSSR count). The molecule has 1 saturated carbocycles. The molecule has 1 aliphatic heterocycles. The summed E-state index contributed by atoms with van der Waals surface area (Å²) in [4.78, 5) is 26.3. The monoisotopic (exact) mass is 464 g/mol. The Morgan fingerprint density at radius 1 is 1.31 bits per heavy atom. The number of benzene rings is 1. The second kappa shape index (κ2) is 7.59. The summed E-state index contributed by atoms with van der Waals surface area (Å²) in [6.07, 6.45) is 1.53. The number of hydrogen-bond donors (Lipinski definition) is 0. The molecule has 1 aromatic heterocycles. The van der Waals surface area contributed by atoms with Gasteiger partial charge in [0.15, 0.2) is 11.9 Å². The van der Waals surface area contributed by atoms with Crippen LogP contribution in [-0.2, 0) is 16.1 Å². The number of amides is 1. The van der Waals surface area contributed by atoms with E-state index in [1.54, 1.807) is 0 Å². The number of likely N-dealkylation sites (tertiary alicyclic amines) is 1. The summed E-state index contributed by atoms with van der Waals surface area (Å²) >= 11 is 3.55. The SMILES string of the molecule is CC(C)(C)OC(=O)N1CCC(=O)C(Oc2ccc3c(nnn3CC3CC3)c2Br)C1. The fourth-order valence-corrected chi connectivity index (χ4v) is 3.81. The van der Waals surface area contributed by atoms with Crippen LogP contribution < -0.4 is 4.74 Å². The molecular formula is C20H25BrN4O4. The van der Waals surface area contributed by atoms with Gasteiger partial charge in [-0.1, -0.05) is 5.21 Å². The number of halogens is 1. The highest BCUT2D eigenvalue weighted by Crippen LogP contribution is 2.35. The van der Waals surface area contributed by atoms with Gasteiger partial charge in [-0.2, -0.15) is 0 Å². The number of fused-ring (bicyclic) bond motifs is 1. The minimum atomic E-state index is -0.744. The predicted molar refractivity (Wildman–Crippen MR) is 110 cm³/mol. The quantitative estimate of drug-likeness (QED) is 0.687. The van der Waals surface area contributed by atoms with Crippen molar-refractivity contribution in [2.24, 2.45) is 5.92 Å². The molecule has 156 valence electrons. The number of aromatic nitrogens is 3. The Labute approximate surface area is 177 Å². The first kappa shape index (κ1) is 20.1. The van der Waals surface area contributed by atoms with Gasteiger partial charge in [0.05, 0.1) is 16.5 Å². The van der Waals surface area contributed by atoms with E-state index < -0.39 is 17.8 Å². The molecule has 1 aliphatic carbocycles. The minimum absolute atomic E-state index is 0.0332. The zero-order valence-corrected chi connectivity index (χ0v) is 18.4. The summed E-state index contributed by atoms with van der Waals surface area (Å²) < 4.78 is 14.0. The summed E-state index contributed by atoms with van der Waals surface area (Å²) in [7, 11) is 0. The van der Waals surface area contributed by atoms with Crippen molar-refractivity contribution in [2.75, 3.05) is 13.1 Å². The maximum absolute atomic E-state index is 12.4. The lowest BCUT2D eigenvalue weighted by molar-refractivity contribution is -0.129. The molecule has 0 bridgehead atoms. The minimum Gasteiger partial charge on any atom is -0.480 e. The number of carbonyl (C=O) groups is 2. The lowest BCUT2D eigenvalue weighted by Crippen LogP contribution is -2.50. The Bertz CT molecular complexity index is 948. The van der Waals surface area contributed by atoms with Gasteiger partial charge >= 0.3 is 6.09 Å². The largest absolute Gasteiger partial charge is 0.480 e. The molecule has 1 aromatic carbocycles. The average Bonchev–Trinajstić information content (AvgIpc) is 3.36. The van der Waals surface area contributed by atoms with Crippen LogP contribution in [0.15, 0.2) is 16.6 Å². The third kappa shape index (κ3) is 4.55. The summed E-state index contributed by atoms with van der Waals surface area (Å²) in [5.41, 5.74) is 1.05. The van der Waals surface area contributed by atoms with Gasteiger partial charge in [-0.25, -0.2) is 9.48 Å². The van der Waals surface area contributed by atoms with Crippen LogP contribution in [0.3, 0.4) is 0 Å². The number of hydrogen-bond acceptors (Lipinski definition) is 6. The fraction of sp³-hybridized carbons (Fsp3) is 0.600. The van der Waals surface area contributed by atoms with Crippen LogP contribution in [0.1, 0.15) is 40.0 Å². The van der Waals surface area contributed by atoms with Crippen LogP contribution in [0, 0.1) is 5.92 Å². The highest BCUT2D eigenvalue weighted by Gasteiger charge is 2.34. The van der Waals surface area contributed by atoms with Crippen molar-refractivity contribution in [2.45, 2.75) is 58.3 Å². The molecule has 1 unspecified atom stereocenters. The Balaban J connectivity index is 1.49. The molecular weight excluding hydrogens is 440 g/mol. The van der Waals surface area contributed by atoms with Gasteiger partial charge in [0.1, 0.15) is 16.9 Å². The Morgan fingerprint density at radius 3 is 2.76 bits per heavy atom. The molecule has 0 radical (unpaired) electrons. The molecule has 1 amide bonds. The summed E-state index contributed by atoms with van der Waals surface area (Å²) in [5, 5.41) is 8.53. The average molecular weight is 465 g/mol. The first-order chi connectivity index (χ1) is 13.7. The van der Waals surface area contributed by atoms with Crippen LogP contribution in [-0.4, -0.2) is 56.6 Å². The number of ketones is 1. The molecule has 1 saturated heterocycles. The van der Waals surface area contributed by atoms with E-state index in [1.165, 1.54) is 17.7 Å². The molecule has 2 heterocycles. The topological polar surface area (TPSA) is 86.6 Å². The van der Waals surface area contributed by atoms with Crippen molar-refractivity contribution in [3.8, 4) is 5.75 Å². The highest BCUT2D eigenvalue weighted by molar-refractivity contribution is 9.10. The molecule has 8 nitrogen and oxygen atoms in total. The van der Waals surface area contributed by atoms with E-state index in [0.717, 1.165) is 12.1 Å². The zero-order chi connectivity index (χ0) is 20.8. The van der Waals surface area contributed by atoms with Crippen LogP contribution in [0.5, 0.6) is 5.75 Å². The molecule has 29 heavy (non-hydrogen) atoms. The van der Waals surface area contributed by atoms with E-state index in [1.807, 2.05) is 37.6 Å². The van der Waals surface area contributed by atoms with E-state index in [-0.39, 0.29) is 18.7 Å². The van der Waals surface area contributed by atoms with Gasteiger partial charge in [0.25, 0.3) is 0 Å². The maximum Gasteiger partial charge on any atom is 0.410 e. The van der Waals surface area contributed by atoms with E-state index in [0.29, 0.717) is 28.2 Å². The Morgan fingerprint density at radius 2 is 2.07 bits per heavy atom. The van der Waals surface area contributed by atoms with Gasteiger partial charge in [-0.3, -0.25) is 4.79 Å². The van der Waals surface area contributed by atoms with Crippen LogP contribution >= 0.6 is 15.9 Å². The van der Waals surface area contributed by atoms with Crippen LogP contribution in [0.4, 0.5) is 4.79 Å². The Hall–Kier alpha value is -2.16. The van der Waals surface area contributed by atoms with Crippen LogP contribution in [0.2, 0.25) is 0 Å². The zero-order valence-electron chi connectivity index (χ0n) is 16.9. The molecule has 9 heteroatoms. The number of rotatable bonds is 4. The van der Waals surface area contributed by atoms with Crippen molar-refractivity contribution in [3.05, 3.63) is 16.6 Å². The summed E-state index contributed by atoms with van der Waals surface area (Å²) in [6, 6.07) is 3.73. The summed E-state index contributed by atoms with van der Waals surface area (Å²) in [6.45, 7) is 6.81. The van der Waals surface area contributed by atoms with Crippen molar-refractivity contribution in [1.82, 2.24) is 19.9 Å². The lowest BCUT2D eigenvalue weighted by atomic mass is 10.1. The second-order valence-corrected chi connectivity index (χ2v) is 9.50. The molecule has 0 spiro atoms. The van der Waals surface area contributed by atoms with Gasteiger partial charge in [-0.15, -0.1) is 5.10 Å². The number of carbonyl (C=O) groups excluding carboxylic acids is 2. The maximum atomic E-state index is 12.4. The summed E-state index contributed by atoms with van der Waals surface area (Å²) in [5.74, 6) is 1.17. The van der Waals surface area contributed by atoms with E-state index in [9.17, 15) is 9.59 Å². The van der Waals surface area contributed by atoms with Crippen LogP contribution in [0.25, 0.3) is 11.0 Å². The van der Waals surface area contributed by atoms with Crippen molar-refractivity contribution in [1.29, 1.82) is 0 Å². The standard InChI is InChI=1S/C20H25BrN4O4/c1-20(2,3)29-19(27)24-9-8-14(26)16(11-24)28-15-7-6-13-18(17(15)21)22-23-25(13)10-12-4-5-12/h6-7,12,16H,4-5,8-11H2,1-3H3. The van der Waals surface area contributed by atoms with Crippen molar-refractivity contribution in [3.63, 3.8) is 0 Å². The van der Waals surface area contributed by atoms with E-state index in [4.69, 9.17) is 9.47 Å². The number of piperidine rings is 1. The Kier molecular flexibility index (Phi) is 5.27. The lowest BCUT2D eigenvalue weighted by Gasteiger charge is -2.33. The number of Topliss-reactive ketones (excluding diaryl/α,β-unsaturated/α-hetero) is 1. The normalized spacial score (nSPS) is 20.2. The first-order valence-electron chi connectivity index (χ1n) is 9.90. The van der Waals surface area contributed by atoms with Gasteiger partial charge in [0.2, 0.25) is 0 Å². The van der Waals surface area contributed by atoms with Gasteiger partial charge in [-0.05, 0) is 67.6 Å². The number of ether oxygens (including phenoxy) is 2. The first-order valence-corrected chi connectivity index (χ1v) is 10.7. The molecule has 2 fully saturated rings. The predicted octanol–water partition coefficient (Wildman–Crippen LogP) is 3.56. The second-order valence-electron chi connectivity index (χ2n) is 8.71. The van der Waals surface area contributed by atoms with E-state index >= 15 is 0 Å². The number of nitrogens with zero attached hydrogens (tertiary/aromatic N) is 4. The van der Waals surface area contributed by atoms with Crippen molar-refractivity contribution >= 4 is 38.8 Å². The highest BCUT2D eigenvalue weighted by atomic mass is 79.9. The molecule has 0 N–H and O–H groups in total. The van der Waals surface area contributed by atoms with Gasteiger partial charge < -0.3 is 14.4 Å². The third-order valence-corrected chi connectivity index (χ3v) is 5.78. The smallest absolute Gasteiger partial charge is 0.410 e. The molecule has 2 aliphatic rings. The van der Waals surface area contributed by atoms with Gasteiger partial charge in [0, 0.05) is 19.5 Å². The van der Waals surface area contributed by atoms with Crippen molar-refractivity contribution < 1.29 is 19.1 Å². The molecule has 1 atom stereocenters. The third-order valence-electron chi connectivity index (χ3n) is 5.01. The molecule has 2 aromatic rings. The fourth-order valence-electron chi connectivity index (χ4n) is 3.30. The van der Waals surface area contributed by atoms with E-state index in [2.05, 4.69) is 26.2 Å².